The molecule has 0 aliphatic carbocycles. The largest absolute Gasteiger partial charge is 0.490 e. The monoisotopic (exact) mass is 363 g/mol. The van der Waals surface area contributed by atoms with Crippen LogP contribution in [0.3, 0.4) is 0 Å². The van der Waals surface area contributed by atoms with Crippen LogP contribution in [0.1, 0.15) is 18.4 Å². The van der Waals surface area contributed by atoms with Crippen LogP contribution in [0.15, 0.2) is 54.6 Å². The van der Waals surface area contributed by atoms with Gasteiger partial charge in [0.1, 0.15) is 0 Å². The maximum atomic E-state index is 13.6. The molecule has 1 fully saturated rings. The molecule has 2 aromatic carbocycles. The Morgan fingerprint density at radius 3 is 2.56 bits per heavy atom. The molecule has 0 bridgehead atoms. The molecular formula is C19H22FNO3S. The van der Waals surface area contributed by atoms with Crippen molar-refractivity contribution in [1.82, 2.24) is 4.31 Å². The zero-order valence-electron chi connectivity index (χ0n) is 14.0. The van der Waals surface area contributed by atoms with Crippen molar-refractivity contribution in [3.8, 4) is 5.75 Å². The number of hydrogen-bond donors (Lipinski definition) is 0. The predicted molar refractivity (Wildman–Crippen MR) is 95.3 cm³/mol. The molecule has 6 heteroatoms. The van der Waals surface area contributed by atoms with Crippen LogP contribution in [-0.4, -0.2) is 32.4 Å². The molecule has 1 saturated heterocycles. The van der Waals surface area contributed by atoms with Crippen molar-refractivity contribution in [2.75, 3.05) is 19.7 Å². The van der Waals surface area contributed by atoms with Gasteiger partial charge in [-0.2, -0.15) is 0 Å². The van der Waals surface area contributed by atoms with Gasteiger partial charge >= 0.3 is 0 Å². The molecule has 25 heavy (non-hydrogen) atoms. The van der Waals surface area contributed by atoms with E-state index in [4.69, 9.17) is 4.74 Å². The Bertz CT molecular complexity index is 795. The quantitative estimate of drug-likeness (QED) is 0.790. The van der Waals surface area contributed by atoms with Gasteiger partial charge in [0.05, 0.1) is 12.4 Å². The number of piperidine rings is 1. The summed E-state index contributed by atoms with van der Waals surface area (Å²) in [7, 11) is -3.36. The number of nitrogens with zero attached hydrogens (tertiary/aromatic N) is 1. The lowest BCUT2D eigenvalue weighted by Gasteiger charge is -2.31. The standard InChI is InChI=1S/C19H22FNO3S/c20-18-10-4-5-11-19(18)24-14-17-9-6-12-21(13-17)25(22,23)15-16-7-2-1-3-8-16/h1-5,7-8,10-11,17H,6,9,12-15H2. The van der Waals surface area contributed by atoms with Crippen LogP contribution < -0.4 is 4.74 Å². The summed E-state index contributed by atoms with van der Waals surface area (Å²) in [6, 6.07) is 15.5. The average molecular weight is 363 g/mol. The number of rotatable bonds is 6. The molecular weight excluding hydrogens is 341 g/mol. The first-order chi connectivity index (χ1) is 12.0. The van der Waals surface area contributed by atoms with E-state index in [1.54, 1.807) is 22.5 Å². The molecule has 1 aliphatic rings. The second kappa shape index (κ2) is 7.97. The molecule has 2 aromatic rings. The smallest absolute Gasteiger partial charge is 0.218 e. The Kier molecular flexibility index (Phi) is 5.71. The van der Waals surface area contributed by atoms with E-state index in [1.165, 1.54) is 6.07 Å². The van der Waals surface area contributed by atoms with Gasteiger partial charge in [-0.15, -0.1) is 0 Å². The van der Waals surface area contributed by atoms with E-state index in [1.807, 2.05) is 30.3 Å². The first kappa shape index (κ1) is 17.9. The van der Waals surface area contributed by atoms with Crippen LogP contribution in [-0.2, 0) is 15.8 Å². The van der Waals surface area contributed by atoms with Crippen LogP contribution >= 0.6 is 0 Å². The number of sulfonamides is 1. The van der Waals surface area contributed by atoms with E-state index < -0.39 is 15.8 Å². The Labute approximate surface area is 148 Å². The van der Waals surface area contributed by atoms with Gasteiger partial charge in [-0.1, -0.05) is 42.5 Å². The van der Waals surface area contributed by atoms with Gasteiger partial charge in [-0.05, 0) is 30.5 Å². The number of hydrogen-bond acceptors (Lipinski definition) is 3. The van der Waals surface area contributed by atoms with Crippen molar-refractivity contribution in [1.29, 1.82) is 0 Å². The highest BCUT2D eigenvalue weighted by Crippen LogP contribution is 2.23. The summed E-state index contributed by atoms with van der Waals surface area (Å²) < 4.78 is 46.0. The van der Waals surface area contributed by atoms with Crippen molar-refractivity contribution in [3.05, 3.63) is 66.0 Å². The average Bonchev–Trinajstić information content (AvgIpc) is 2.62. The maximum Gasteiger partial charge on any atom is 0.218 e. The van der Waals surface area contributed by atoms with Crippen LogP contribution in [0.2, 0.25) is 0 Å². The van der Waals surface area contributed by atoms with Crippen molar-refractivity contribution in [2.24, 2.45) is 5.92 Å². The van der Waals surface area contributed by atoms with Crippen molar-refractivity contribution in [3.63, 3.8) is 0 Å². The second-order valence-electron chi connectivity index (χ2n) is 6.35. The summed E-state index contributed by atoms with van der Waals surface area (Å²) in [5.41, 5.74) is 0.784. The molecule has 0 radical (unpaired) electrons. The lowest BCUT2D eigenvalue weighted by Crippen LogP contribution is -2.42. The van der Waals surface area contributed by atoms with Crippen LogP contribution in [0, 0.1) is 11.7 Å². The fourth-order valence-electron chi connectivity index (χ4n) is 3.06. The number of ether oxygens (including phenoxy) is 1. The highest BCUT2D eigenvalue weighted by Gasteiger charge is 2.29. The Morgan fingerprint density at radius 1 is 1.08 bits per heavy atom. The summed E-state index contributed by atoms with van der Waals surface area (Å²) in [5, 5.41) is 0. The first-order valence-corrected chi connectivity index (χ1v) is 10.0. The highest BCUT2D eigenvalue weighted by atomic mass is 32.2. The second-order valence-corrected chi connectivity index (χ2v) is 8.32. The van der Waals surface area contributed by atoms with Gasteiger partial charge in [-0.3, -0.25) is 0 Å². The summed E-state index contributed by atoms with van der Waals surface area (Å²) >= 11 is 0. The van der Waals surface area contributed by atoms with Gasteiger partial charge in [0.25, 0.3) is 0 Å². The minimum Gasteiger partial charge on any atom is -0.490 e. The summed E-state index contributed by atoms with van der Waals surface area (Å²) in [5.74, 6) is -0.105. The maximum absolute atomic E-state index is 13.6. The highest BCUT2D eigenvalue weighted by molar-refractivity contribution is 7.88. The summed E-state index contributed by atoms with van der Waals surface area (Å²) in [6.07, 6.45) is 1.67. The predicted octanol–water partition coefficient (Wildman–Crippen LogP) is 3.45. The van der Waals surface area contributed by atoms with E-state index in [0.717, 1.165) is 18.4 Å². The molecule has 3 rings (SSSR count). The van der Waals surface area contributed by atoms with E-state index in [2.05, 4.69) is 0 Å². The van der Waals surface area contributed by atoms with Gasteiger partial charge in [-0.25, -0.2) is 17.1 Å². The number of para-hydroxylation sites is 1. The number of halogens is 1. The SMILES string of the molecule is O=S(=O)(Cc1ccccc1)N1CCCC(COc2ccccc2F)C1. The van der Waals surface area contributed by atoms with Gasteiger partial charge < -0.3 is 4.74 Å². The summed E-state index contributed by atoms with van der Waals surface area (Å²) in [6.45, 7) is 1.27. The van der Waals surface area contributed by atoms with Gasteiger partial charge in [0.2, 0.25) is 10.0 Å². The Hall–Kier alpha value is -1.92. The molecule has 0 aromatic heterocycles. The third-order valence-electron chi connectivity index (χ3n) is 4.38. The lowest BCUT2D eigenvalue weighted by molar-refractivity contribution is 0.176. The van der Waals surface area contributed by atoms with Gasteiger partial charge in [0.15, 0.2) is 11.6 Å². The summed E-state index contributed by atoms with van der Waals surface area (Å²) in [4.78, 5) is 0. The fourth-order valence-corrected chi connectivity index (χ4v) is 4.70. The van der Waals surface area contributed by atoms with Crippen LogP contribution in [0.4, 0.5) is 4.39 Å². The first-order valence-electron chi connectivity index (χ1n) is 8.44. The molecule has 134 valence electrons. The number of benzene rings is 2. The minimum atomic E-state index is -3.36. The van der Waals surface area contributed by atoms with Crippen molar-refractivity contribution in [2.45, 2.75) is 18.6 Å². The third kappa shape index (κ3) is 4.80. The topological polar surface area (TPSA) is 46.6 Å². The van der Waals surface area contributed by atoms with E-state index >= 15 is 0 Å². The molecule has 0 saturated carbocycles. The van der Waals surface area contributed by atoms with E-state index in [-0.39, 0.29) is 17.4 Å². The molecule has 1 heterocycles. The zero-order valence-corrected chi connectivity index (χ0v) is 14.8. The third-order valence-corrected chi connectivity index (χ3v) is 6.19. The Morgan fingerprint density at radius 2 is 1.80 bits per heavy atom. The van der Waals surface area contributed by atoms with Crippen LogP contribution in [0.25, 0.3) is 0 Å². The van der Waals surface area contributed by atoms with Crippen LogP contribution in [0.5, 0.6) is 5.75 Å². The van der Waals surface area contributed by atoms with Gasteiger partial charge in [0, 0.05) is 19.0 Å². The fraction of sp³-hybridized carbons (Fsp3) is 0.368. The lowest BCUT2D eigenvalue weighted by atomic mass is 10.0. The minimum absolute atomic E-state index is 0.00866. The molecule has 1 atom stereocenters. The zero-order chi connectivity index (χ0) is 17.7. The molecule has 0 spiro atoms. The Balaban J connectivity index is 1.60. The molecule has 4 nitrogen and oxygen atoms in total. The molecule has 0 amide bonds. The normalized spacial score (nSPS) is 18.8. The van der Waals surface area contributed by atoms with E-state index in [9.17, 15) is 12.8 Å². The van der Waals surface area contributed by atoms with E-state index in [0.29, 0.717) is 19.7 Å². The molecule has 1 aliphatic heterocycles. The van der Waals surface area contributed by atoms with Crippen molar-refractivity contribution < 1.29 is 17.5 Å². The van der Waals surface area contributed by atoms with Crippen molar-refractivity contribution >= 4 is 10.0 Å². The molecule has 0 N–H and O–H groups in total. The molecule has 1 unspecified atom stereocenters.